The molecule has 0 aliphatic carbocycles. The highest BCUT2D eigenvalue weighted by Gasteiger charge is 2.01. The normalized spacial score (nSPS) is 11.1. The first kappa shape index (κ1) is 14.4. The fourth-order valence-corrected chi connectivity index (χ4v) is 1.30. The summed E-state index contributed by atoms with van der Waals surface area (Å²) in [5.74, 6) is 0.886. The zero-order valence-corrected chi connectivity index (χ0v) is 10.6. The first-order chi connectivity index (χ1) is 7.02. The molecule has 0 aromatic heterocycles. The molecule has 0 saturated heterocycles. The molecule has 90 valence electrons. The highest BCUT2D eigenvalue weighted by Crippen LogP contribution is 2.01. The van der Waals surface area contributed by atoms with E-state index in [2.05, 4.69) is 38.3 Å². The molecule has 0 unspecified atom stereocenters. The molecule has 0 heterocycles. The molecule has 0 fully saturated rings. The maximum absolute atomic E-state index is 11.3. The number of hydrogen-bond acceptors (Lipinski definition) is 2. The number of carbonyl (C=O) groups is 1. The van der Waals surface area contributed by atoms with Gasteiger partial charge in [-0.3, -0.25) is 4.79 Å². The lowest BCUT2D eigenvalue weighted by Gasteiger charge is -2.09. The van der Waals surface area contributed by atoms with Crippen molar-refractivity contribution in [2.75, 3.05) is 13.1 Å². The second-order valence-corrected chi connectivity index (χ2v) is 4.74. The van der Waals surface area contributed by atoms with Gasteiger partial charge in [0.25, 0.3) is 0 Å². The quantitative estimate of drug-likeness (QED) is 0.606. The summed E-state index contributed by atoms with van der Waals surface area (Å²) in [5, 5.41) is 6.16. The van der Waals surface area contributed by atoms with Crippen LogP contribution in [0.5, 0.6) is 0 Å². The lowest BCUT2D eigenvalue weighted by molar-refractivity contribution is -0.121. The molecule has 0 bridgehead atoms. The minimum Gasteiger partial charge on any atom is -0.356 e. The Morgan fingerprint density at radius 3 is 2.33 bits per heavy atom. The van der Waals surface area contributed by atoms with E-state index in [0.29, 0.717) is 12.5 Å². The van der Waals surface area contributed by atoms with Gasteiger partial charge in [-0.05, 0) is 18.8 Å². The van der Waals surface area contributed by atoms with Crippen LogP contribution in [0.1, 0.15) is 47.0 Å². The molecule has 3 nitrogen and oxygen atoms in total. The molecule has 0 aliphatic heterocycles. The van der Waals surface area contributed by atoms with Crippen molar-refractivity contribution in [3.05, 3.63) is 0 Å². The molecule has 15 heavy (non-hydrogen) atoms. The Morgan fingerprint density at radius 1 is 1.13 bits per heavy atom. The van der Waals surface area contributed by atoms with E-state index in [4.69, 9.17) is 0 Å². The van der Waals surface area contributed by atoms with Gasteiger partial charge in [0.2, 0.25) is 5.91 Å². The molecule has 0 aromatic rings. The Kier molecular flexibility index (Phi) is 8.38. The highest BCUT2D eigenvalue weighted by atomic mass is 16.1. The number of rotatable bonds is 8. The third kappa shape index (κ3) is 11.4. The Bertz CT molecular complexity index is 167. The van der Waals surface area contributed by atoms with Crippen molar-refractivity contribution >= 4 is 5.91 Å². The van der Waals surface area contributed by atoms with Crippen molar-refractivity contribution in [3.8, 4) is 0 Å². The second kappa shape index (κ2) is 8.72. The topological polar surface area (TPSA) is 41.1 Å². The van der Waals surface area contributed by atoms with Gasteiger partial charge in [0, 0.05) is 25.6 Å². The summed E-state index contributed by atoms with van der Waals surface area (Å²) >= 11 is 0. The summed E-state index contributed by atoms with van der Waals surface area (Å²) in [4.78, 5) is 11.3. The number of amides is 1. The number of hydrogen-bond donors (Lipinski definition) is 2. The van der Waals surface area contributed by atoms with Crippen LogP contribution in [0.2, 0.25) is 0 Å². The monoisotopic (exact) mass is 214 g/mol. The lowest BCUT2D eigenvalue weighted by Crippen LogP contribution is -2.31. The Balaban J connectivity index is 3.26. The molecular formula is C12H26N2O. The standard InChI is InChI=1S/C12H26N2O/c1-10(2)6-5-8-14-12(15)7-9-13-11(3)4/h10-11,13H,5-9H2,1-4H3,(H,14,15). The van der Waals surface area contributed by atoms with Crippen LogP contribution in [-0.4, -0.2) is 25.0 Å². The molecule has 0 atom stereocenters. The Hall–Kier alpha value is -0.570. The van der Waals surface area contributed by atoms with Crippen LogP contribution in [0.15, 0.2) is 0 Å². The van der Waals surface area contributed by atoms with E-state index in [1.165, 1.54) is 6.42 Å². The predicted octanol–water partition coefficient (Wildman–Crippen LogP) is 1.93. The van der Waals surface area contributed by atoms with E-state index in [0.717, 1.165) is 25.4 Å². The second-order valence-electron chi connectivity index (χ2n) is 4.74. The van der Waals surface area contributed by atoms with Crippen LogP contribution >= 0.6 is 0 Å². The molecule has 0 saturated carbocycles. The lowest BCUT2D eigenvalue weighted by atomic mass is 10.1. The molecular weight excluding hydrogens is 188 g/mol. The predicted molar refractivity (Wildman–Crippen MR) is 64.8 cm³/mol. The van der Waals surface area contributed by atoms with E-state index < -0.39 is 0 Å². The third-order valence-corrected chi connectivity index (χ3v) is 2.19. The van der Waals surface area contributed by atoms with Gasteiger partial charge in [-0.2, -0.15) is 0 Å². The minimum atomic E-state index is 0.159. The van der Waals surface area contributed by atoms with Crippen LogP contribution < -0.4 is 10.6 Å². The smallest absolute Gasteiger partial charge is 0.221 e. The zero-order valence-electron chi connectivity index (χ0n) is 10.6. The molecule has 2 N–H and O–H groups in total. The van der Waals surface area contributed by atoms with Gasteiger partial charge in [-0.25, -0.2) is 0 Å². The maximum Gasteiger partial charge on any atom is 0.221 e. The van der Waals surface area contributed by atoms with Gasteiger partial charge in [-0.15, -0.1) is 0 Å². The molecule has 1 amide bonds. The number of carbonyl (C=O) groups excluding carboxylic acids is 1. The van der Waals surface area contributed by atoms with E-state index in [1.807, 2.05) is 0 Å². The van der Waals surface area contributed by atoms with Gasteiger partial charge >= 0.3 is 0 Å². The fraction of sp³-hybridized carbons (Fsp3) is 0.917. The van der Waals surface area contributed by atoms with Crippen LogP contribution in [-0.2, 0) is 4.79 Å². The molecule has 3 heteroatoms. The van der Waals surface area contributed by atoms with Crippen LogP contribution in [0.25, 0.3) is 0 Å². The van der Waals surface area contributed by atoms with E-state index >= 15 is 0 Å². The molecule has 0 spiro atoms. The summed E-state index contributed by atoms with van der Waals surface area (Å²) in [6, 6.07) is 0.457. The van der Waals surface area contributed by atoms with Gasteiger partial charge in [0.1, 0.15) is 0 Å². The van der Waals surface area contributed by atoms with E-state index in [1.54, 1.807) is 0 Å². The molecule has 0 radical (unpaired) electrons. The van der Waals surface area contributed by atoms with Crippen LogP contribution in [0.3, 0.4) is 0 Å². The summed E-state index contributed by atoms with van der Waals surface area (Å²) < 4.78 is 0. The summed E-state index contributed by atoms with van der Waals surface area (Å²) in [6.45, 7) is 10.2. The van der Waals surface area contributed by atoms with Crippen molar-refractivity contribution in [1.82, 2.24) is 10.6 Å². The number of nitrogens with one attached hydrogen (secondary N) is 2. The molecule has 0 rings (SSSR count). The van der Waals surface area contributed by atoms with Crippen molar-refractivity contribution in [2.24, 2.45) is 5.92 Å². The first-order valence-corrected chi connectivity index (χ1v) is 6.02. The van der Waals surface area contributed by atoms with Crippen molar-refractivity contribution in [3.63, 3.8) is 0 Å². The average molecular weight is 214 g/mol. The van der Waals surface area contributed by atoms with Crippen molar-refractivity contribution < 1.29 is 4.79 Å². The largest absolute Gasteiger partial charge is 0.356 e. The third-order valence-electron chi connectivity index (χ3n) is 2.19. The highest BCUT2D eigenvalue weighted by molar-refractivity contribution is 5.75. The van der Waals surface area contributed by atoms with Gasteiger partial charge in [0.15, 0.2) is 0 Å². The summed E-state index contributed by atoms with van der Waals surface area (Å²) in [5.41, 5.74) is 0. The Morgan fingerprint density at radius 2 is 1.80 bits per heavy atom. The molecule has 0 aromatic carbocycles. The summed E-state index contributed by atoms with van der Waals surface area (Å²) in [7, 11) is 0. The minimum absolute atomic E-state index is 0.159. The van der Waals surface area contributed by atoms with Crippen LogP contribution in [0, 0.1) is 5.92 Å². The average Bonchev–Trinajstić information content (AvgIpc) is 2.11. The van der Waals surface area contributed by atoms with Crippen molar-refractivity contribution in [2.45, 2.75) is 53.0 Å². The summed E-state index contributed by atoms with van der Waals surface area (Å²) in [6.07, 6.45) is 2.85. The van der Waals surface area contributed by atoms with Crippen LogP contribution in [0.4, 0.5) is 0 Å². The van der Waals surface area contributed by atoms with Gasteiger partial charge in [0.05, 0.1) is 0 Å². The van der Waals surface area contributed by atoms with Crippen molar-refractivity contribution in [1.29, 1.82) is 0 Å². The van der Waals surface area contributed by atoms with Gasteiger partial charge < -0.3 is 10.6 Å². The van der Waals surface area contributed by atoms with E-state index in [-0.39, 0.29) is 5.91 Å². The Labute approximate surface area is 94.0 Å². The SMILES string of the molecule is CC(C)CCCNC(=O)CCNC(C)C. The molecule has 0 aliphatic rings. The van der Waals surface area contributed by atoms with Gasteiger partial charge in [-0.1, -0.05) is 27.7 Å². The maximum atomic E-state index is 11.3. The first-order valence-electron chi connectivity index (χ1n) is 6.02. The van der Waals surface area contributed by atoms with E-state index in [9.17, 15) is 4.79 Å². The fourth-order valence-electron chi connectivity index (χ4n) is 1.30. The zero-order chi connectivity index (χ0) is 11.7.